The molecule has 0 aromatic heterocycles. The van der Waals surface area contributed by atoms with E-state index in [1.165, 1.54) is 26.2 Å². The summed E-state index contributed by atoms with van der Waals surface area (Å²) in [7, 11) is 1.17. The van der Waals surface area contributed by atoms with Crippen LogP contribution in [0, 0.1) is 0 Å². The smallest absolute Gasteiger partial charge is 0.418 e. The van der Waals surface area contributed by atoms with E-state index in [4.69, 9.17) is 4.74 Å². The van der Waals surface area contributed by atoms with E-state index in [0.29, 0.717) is 11.1 Å². The highest BCUT2D eigenvalue weighted by Gasteiger charge is 2.58. The molecule has 0 saturated carbocycles. The summed E-state index contributed by atoms with van der Waals surface area (Å²) in [6.45, 7) is 1.43. The van der Waals surface area contributed by atoms with Crippen LogP contribution >= 0.6 is 0 Å². The molecule has 8 heteroatoms. The average molecular weight is 483 g/mol. The van der Waals surface area contributed by atoms with Crippen molar-refractivity contribution in [2.24, 2.45) is 4.99 Å². The molecule has 0 aliphatic carbocycles. The van der Waals surface area contributed by atoms with Crippen LogP contribution in [0.4, 0.5) is 13.2 Å². The molecule has 0 aliphatic rings. The van der Waals surface area contributed by atoms with Crippen molar-refractivity contribution in [3.8, 4) is 0 Å². The van der Waals surface area contributed by atoms with Gasteiger partial charge in [-0.05, 0) is 24.6 Å². The maximum absolute atomic E-state index is 15.0. The number of methoxy groups -OCH3 is 1. The second-order valence-electron chi connectivity index (χ2n) is 7.60. The average Bonchev–Trinajstić information content (AvgIpc) is 2.86. The van der Waals surface area contributed by atoms with Gasteiger partial charge in [-0.1, -0.05) is 72.8 Å². The quantitative estimate of drug-likeness (QED) is 0.304. The number of rotatable bonds is 8. The number of halogens is 3. The molecule has 182 valence electrons. The van der Waals surface area contributed by atoms with Crippen LogP contribution in [-0.4, -0.2) is 37.5 Å². The number of benzene rings is 3. The number of ether oxygens (including phenoxy) is 2. The maximum atomic E-state index is 15.0. The van der Waals surface area contributed by atoms with Gasteiger partial charge < -0.3 is 9.47 Å². The molecule has 3 aromatic carbocycles. The van der Waals surface area contributed by atoms with Gasteiger partial charge in [-0.15, -0.1) is 0 Å². The highest BCUT2D eigenvalue weighted by Crippen LogP contribution is 2.46. The third kappa shape index (κ3) is 5.77. The summed E-state index contributed by atoms with van der Waals surface area (Å²) in [5.41, 5.74) is -2.27. The van der Waals surface area contributed by atoms with Crippen molar-refractivity contribution in [1.82, 2.24) is 0 Å². The van der Waals surface area contributed by atoms with E-state index in [0.717, 1.165) is 12.1 Å². The lowest BCUT2D eigenvalue weighted by molar-refractivity contribution is -0.196. The Balaban J connectivity index is 2.33. The van der Waals surface area contributed by atoms with Crippen LogP contribution in [0.15, 0.2) is 89.9 Å². The van der Waals surface area contributed by atoms with Gasteiger partial charge in [0.2, 0.25) is 0 Å². The van der Waals surface area contributed by atoms with E-state index in [2.05, 4.69) is 9.73 Å². The summed E-state index contributed by atoms with van der Waals surface area (Å²) in [5.74, 6) is -1.75. The first-order valence-electron chi connectivity index (χ1n) is 10.8. The zero-order chi connectivity index (χ0) is 25.5. The molecule has 3 aromatic rings. The van der Waals surface area contributed by atoms with Crippen molar-refractivity contribution in [3.05, 3.63) is 107 Å². The van der Waals surface area contributed by atoms with Crippen LogP contribution in [0.5, 0.6) is 0 Å². The van der Waals surface area contributed by atoms with Gasteiger partial charge in [0.05, 0.1) is 31.4 Å². The SMILES string of the molecule is CCOC(=O)CC(N=C(c1ccccc1)c1ccccc1)(c1ccc(C(=O)OC)cc1)C(F)(F)F. The number of carbonyl (C=O) groups excluding carboxylic acids is 2. The minimum atomic E-state index is -4.98. The van der Waals surface area contributed by atoms with E-state index in [1.54, 1.807) is 60.7 Å². The first-order valence-corrected chi connectivity index (χ1v) is 10.8. The van der Waals surface area contributed by atoms with Crippen LogP contribution in [0.1, 0.15) is 40.4 Å². The molecule has 0 N–H and O–H groups in total. The Morgan fingerprint density at radius 1 is 0.800 bits per heavy atom. The third-order valence-corrected chi connectivity index (χ3v) is 5.36. The molecule has 0 amide bonds. The van der Waals surface area contributed by atoms with Crippen LogP contribution in [0.3, 0.4) is 0 Å². The van der Waals surface area contributed by atoms with E-state index in [1.807, 2.05) is 0 Å². The van der Waals surface area contributed by atoms with Gasteiger partial charge >= 0.3 is 18.1 Å². The lowest BCUT2D eigenvalue weighted by atomic mass is 9.84. The Kier molecular flexibility index (Phi) is 8.06. The molecule has 0 saturated heterocycles. The monoisotopic (exact) mass is 483 g/mol. The van der Waals surface area contributed by atoms with Gasteiger partial charge in [0.25, 0.3) is 0 Å². The second-order valence-corrected chi connectivity index (χ2v) is 7.60. The van der Waals surface area contributed by atoms with Gasteiger partial charge in [0.15, 0.2) is 5.54 Å². The van der Waals surface area contributed by atoms with E-state index < -0.39 is 30.1 Å². The van der Waals surface area contributed by atoms with Gasteiger partial charge in [-0.25, -0.2) is 4.79 Å². The molecule has 3 rings (SSSR count). The molecule has 35 heavy (non-hydrogen) atoms. The molecule has 0 aliphatic heterocycles. The lowest BCUT2D eigenvalue weighted by Gasteiger charge is -2.33. The van der Waals surface area contributed by atoms with Crippen molar-refractivity contribution >= 4 is 17.7 Å². The van der Waals surface area contributed by atoms with Crippen LogP contribution in [0.2, 0.25) is 0 Å². The fourth-order valence-corrected chi connectivity index (χ4v) is 3.63. The first kappa shape index (κ1) is 25.7. The van der Waals surface area contributed by atoms with Gasteiger partial charge in [0.1, 0.15) is 0 Å². The summed E-state index contributed by atoms with van der Waals surface area (Å²) in [5, 5.41) is 0. The zero-order valence-corrected chi connectivity index (χ0v) is 19.2. The molecule has 0 fully saturated rings. The summed E-state index contributed by atoms with van der Waals surface area (Å²) in [4.78, 5) is 28.6. The molecule has 0 spiro atoms. The standard InChI is InChI=1S/C27H24F3NO4/c1-3-35-23(32)18-26(27(28,29)30,22-16-14-21(15-17-22)25(33)34-2)31-24(19-10-6-4-7-11-19)20-12-8-5-9-13-20/h4-17H,3,18H2,1-2H3. The van der Waals surface area contributed by atoms with Crippen molar-refractivity contribution in [3.63, 3.8) is 0 Å². The van der Waals surface area contributed by atoms with Crippen molar-refractivity contribution in [1.29, 1.82) is 0 Å². The van der Waals surface area contributed by atoms with Gasteiger partial charge in [-0.3, -0.25) is 9.79 Å². The maximum Gasteiger partial charge on any atom is 0.418 e. The summed E-state index contributed by atoms with van der Waals surface area (Å²) >= 11 is 0. The fourth-order valence-electron chi connectivity index (χ4n) is 3.63. The minimum Gasteiger partial charge on any atom is -0.466 e. The number of nitrogens with zero attached hydrogens (tertiary/aromatic N) is 1. The van der Waals surface area contributed by atoms with E-state index >= 15 is 0 Å². The van der Waals surface area contributed by atoms with Crippen molar-refractivity contribution < 1.29 is 32.2 Å². The van der Waals surface area contributed by atoms with E-state index in [-0.39, 0.29) is 23.4 Å². The van der Waals surface area contributed by atoms with Crippen molar-refractivity contribution in [2.45, 2.75) is 25.1 Å². The topological polar surface area (TPSA) is 65.0 Å². The molecule has 0 bridgehead atoms. The molecular formula is C27H24F3NO4. The first-order chi connectivity index (χ1) is 16.7. The lowest BCUT2D eigenvalue weighted by Crippen LogP contribution is -2.44. The van der Waals surface area contributed by atoms with Gasteiger partial charge in [-0.2, -0.15) is 13.2 Å². The summed E-state index contributed by atoms with van der Waals surface area (Å²) in [6.07, 6.45) is -6.06. The molecule has 1 unspecified atom stereocenters. The summed E-state index contributed by atoms with van der Waals surface area (Å²) < 4.78 is 54.5. The second kappa shape index (κ2) is 11.0. The number of alkyl halides is 3. The number of hydrogen-bond acceptors (Lipinski definition) is 5. The molecule has 1 atom stereocenters. The highest BCUT2D eigenvalue weighted by atomic mass is 19.4. The molecule has 0 radical (unpaired) electrons. The number of hydrogen-bond donors (Lipinski definition) is 0. The van der Waals surface area contributed by atoms with Crippen LogP contribution in [-0.2, 0) is 19.8 Å². The normalized spacial score (nSPS) is 12.8. The predicted molar refractivity (Wildman–Crippen MR) is 125 cm³/mol. The number of aliphatic imine (C=N–C) groups is 1. The molecule has 0 heterocycles. The van der Waals surface area contributed by atoms with Crippen molar-refractivity contribution in [2.75, 3.05) is 13.7 Å². The van der Waals surface area contributed by atoms with Crippen LogP contribution in [0.25, 0.3) is 0 Å². The third-order valence-electron chi connectivity index (χ3n) is 5.36. The minimum absolute atomic E-state index is 0.0601. The number of esters is 2. The highest BCUT2D eigenvalue weighted by molar-refractivity contribution is 6.13. The fraction of sp³-hybridized carbons (Fsp3) is 0.222. The molecular weight excluding hydrogens is 459 g/mol. The Hall–Kier alpha value is -3.94. The van der Waals surface area contributed by atoms with Crippen LogP contribution < -0.4 is 0 Å². The molecule has 5 nitrogen and oxygen atoms in total. The summed E-state index contributed by atoms with van der Waals surface area (Å²) in [6, 6.07) is 21.6. The number of carbonyl (C=O) groups is 2. The Morgan fingerprint density at radius 2 is 1.31 bits per heavy atom. The Labute approximate surface area is 201 Å². The zero-order valence-electron chi connectivity index (χ0n) is 19.2. The predicted octanol–water partition coefficient (Wildman–Crippen LogP) is 5.72. The Morgan fingerprint density at radius 3 is 1.74 bits per heavy atom. The largest absolute Gasteiger partial charge is 0.466 e. The van der Waals surface area contributed by atoms with Gasteiger partial charge in [0, 0.05) is 11.1 Å². The Bertz CT molecular complexity index is 1140. The van der Waals surface area contributed by atoms with E-state index in [9.17, 15) is 22.8 Å².